The van der Waals surface area contributed by atoms with Crippen LogP contribution in [0.4, 0.5) is 0 Å². The Labute approximate surface area is 134 Å². The van der Waals surface area contributed by atoms with Crippen LogP contribution in [0.15, 0.2) is 66.9 Å². The first kappa shape index (κ1) is 13.6. The fourth-order valence-corrected chi connectivity index (χ4v) is 2.95. The first-order valence-corrected chi connectivity index (χ1v) is 7.54. The second-order valence-electron chi connectivity index (χ2n) is 5.33. The lowest BCUT2D eigenvalue weighted by atomic mass is 10.1. The first-order chi connectivity index (χ1) is 11.4. The predicted octanol–water partition coefficient (Wildman–Crippen LogP) is 4.42. The summed E-state index contributed by atoms with van der Waals surface area (Å²) in [7, 11) is 1.68. The minimum Gasteiger partial charge on any atom is -0.416 e. The van der Waals surface area contributed by atoms with Gasteiger partial charge in [-0.2, -0.15) is 4.73 Å². The molecule has 2 aromatic carbocycles. The Bertz CT molecular complexity index is 1000. The molecule has 4 aromatic rings. The highest BCUT2D eigenvalue weighted by Gasteiger charge is 2.13. The van der Waals surface area contributed by atoms with E-state index in [2.05, 4.69) is 35.3 Å². The summed E-state index contributed by atoms with van der Waals surface area (Å²) in [5.74, 6) is 0. The van der Waals surface area contributed by atoms with Crippen molar-refractivity contribution in [2.24, 2.45) is 0 Å². The molecule has 0 aliphatic heterocycles. The average molecular weight is 300 g/mol. The molecule has 0 fully saturated rings. The fraction of sp³-hybridized carbons (Fsp3) is 0.0500. The van der Waals surface area contributed by atoms with E-state index in [4.69, 9.17) is 4.84 Å². The van der Waals surface area contributed by atoms with Crippen LogP contribution >= 0.6 is 0 Å². The summed E-state index contributed by atoms with van der Waals surface area (Å²) in [6.45, 7) is 0. The SMILES string of the molecule is COn1c2ccccc2c2ccnc(C=Cc3ccccc3)c21. The highest BCUT2D eigenvalue weighted by molar-refractivity contribution is 6.09. The van der Waals surface area contributed by atoms with Gasteiger partial charge in [0.1, 0.15) is 12.6 Å². The van der Waals surface area contributed by atoms with E-state index in [1.807, 2.05) is 53.4 Å². The van der Waals surface area contributed by atoms with Crippen molar-refractivity contribution < 1.29 is 4.84 Å². The molecule has 0 bridgehead atoms. The number of para-hydroxylation sites is 1. The highest BCUT2D eigenvalue weighted by Crippen LogP contribution is 2.30. The van der Waals surface area contributed by atoms with Gasteiger partial charge in [0, 0.05) is 17.0 Å². The van der Waals surface area contributed by atoms with Crippen molar-refractivity contribution in [1.82, 2.24) is 9.71 Å². The second kappa shape index (κ2) is 5.61. The third-order valence-corrected chi connectivity index (χ3v) is 3.98. The van der Waals surface area contributed by atoms with Crippen molar-refractivity contribution in [3.05, 3.63) is 78.1 Å². The quantitative estimate of drug-likeness (QED) is 0.560. The molecule has 2 aromatic heterocycles. The lowest BCUT2D eigenvalue weighted by Crippen LogP contribution is -2.05. The van der Waals surface area contributed by atoms with Crippen LogP contribution in [-0.4, -0.2) is 16.8 Å². The van der Waals surface area contributed by atoms with E-state index in [1.54, 1.807) is 7.11 Å². The van der Waals surface area contributed by atoms with E-state index in [1.165, 1.54) is 5.39 Å². The number of nitrogens with zero attached hydrogens (tertiary/aromatic N) is 2. The van der Waals surface area contributed by atoms with Crippen LogP contribution in [0.25, 0.3) is 34.0 Å². The maximum atomic E-state index is 5.62. The molecule has 0 atom stereocenters. The van der Waals surface area contributed by atoms with E-state index < -0.39 is 0 Å². The van der Waals surface area contributed by atoms with E-state index in [9.17, 15) is 0 Å². The summed E-state index contributed by atoms with van der Waals surface area (Å²) >= 11 is 0. The number of pyridine rings is 1. The van der Waals surface area contributed by atoms with Crippen LogP contribution < -0.4 is 4.84 Å². The summed E-state index contributed by atoms with van der Waals surface area (Å²) in [5, 5.41) is 2.31. The van der Waals surface area contributed by atoms with Crippen LogP contribution in [0.5, 0.6) is 0 Å². The maximum Gasteiger partial charge on any atom is 0.114 e. The first-order valence-electron chi connectivity index (χ1n) is 7.54. The number of benzene rings is 2. The smallest absolute Gasteiger partial charge is 0.114 e. The van der Waals surface area contributed by atoms with Gasteiger partial charge in [0.05, 0.1) is 11.2 Å². The molecule has 0 saturated heterocycles. The molecular formula is C20H16N2O. The third kappa shape index (κ3) is 2.27. The molecule has 3 heteroatoms. The van der Waals surface area contributed by atoms with Crippen molar-refractivity contribution in [2.45, 2.75) is 0 Å². The van der Waals surface area contributed by atoms with Crippen molar-refractivity contribution >= 4 is 34.0 Å². The van der Waals surface area contributed by atoms with Gasteiger partial charge in [-0.05, 0) is 23.8 Å². The van der Waals surface area contributed by atoms with Gasteiger partial charge in [-0.3, -0.25) is 4.98 Å². The molecule has 2 heterocycles. The molecule has 0 amide bonds. The van der Waals surface area contributed by atoms with E-state index in [-0.39, 0.29) is 0 Å². The third-order valence-electron chi connectivity index (χ3n) is 3.98. The van der Waals surface area contributed by atoms with Crippen molar-refractivity contribution in [3.63, 3.8) is 0 Å². The Morgan fingerprint density at radius 2 is 1.65 bits per heavy atom. The Morgan fingerprint density at radius 1 is 0.870 bits per heavy atom. The largest absolute Gasteiger partial charge is 0.416 e. The van der Waals surface area contributed by atoms with Crippen molar-refractivity contribution in [1.29, 1.82) is 0 Å². The molecule has 0 aliphatic rings. The van der Waals surface area contributed by atoms with Gasteiger partial charge in [-0.25, -0.2) is 0 Å². The molecule has 23 heavy (non-hydrogen) atoms. The zero-order valence-electron chi connectivity index (χ0n) is 12.8. The summed E-state index contributed by atoms with van der Waals surface area (Å²) in [6, 6.07) is 20.5. The van der Waals surface area contributed by atoms with Gasteiger partial charge in [0.15, 0.2) is 0 Å². The van der Waals surface area contributed by atoms with Crippen LogP contribution in [-0.2, 0) is 0 Å². The lowest BCUT2D eigenvalue weighted by Gasteiger charge is -2.05. The number of hydrogen-bond acceptors (Lipinski definition) is 2. The summed E-state index contributed by atoms with van der Waals surface area (Å²) in [6.07, 6.45) is 5.95. The Hall–Kier alpha value is -3.07. The van der Waals surface area contributed by atoms with Gasteiger partial charge in [0.25, 0.3) is 0 Å². The number of hydrogen-bond donors (Lipinski definition) is 0. The topological polar surface area (TPSA) is 27.1 Å². The van der Waals surface area contributed by atoms with Gasteiger partial charge < -0.3 is 4.84 Å². The van der Waals surface area contributed by atoms with Crippen LogP contribution in [0.2, 0.25) is 0 Å². The van der Waals surface area contributed by atoms with Crippen LogP contribution in [0.3, 0.4) is 0 Å². The maximum absolute atomic E-state index is 5.62. The van der Waals surface area contributed by atoms with Gasteiger partial charge in [-0.1, -0.05) is 54.6 Å². The summed E-state index contributed by atoms with van der Waals surface area (Å²) < 4.78 is 1.85. The lowest BCUT2D eigenvalue weighted by molar-refractivity contribution is 0.190. The molecule has 112 valence electrons. The Kier molecular flexibility index (Phi) is 3.31. The Morgan fingerprint density at radius 3 is 2.48 bits per heavy atom. The van der Waals surface area contributed by atoms with Crippen LogP contribution in [0.1, 0.15) is 11.3 Å². The standard InChI is InChI=1S/C20H16N2O/c1-23-22-19-10-6-5-9-16(19)17-13-14-21-18(20(17)22)12-11-15-7-3-2-4-8-15/h2-14H,1H3. The summed E-state index contributed by atoms with van der Waals surface area (Å²) in [5.41, 5.74) is 4.08. The number of fused-ring (bicyclic) bond motifs is 3. The zero-order valence-corrected chi connectivity index (χ0v) is 12.8. The molecule has 0 spiro atoms. The monoisotopic (exact) mass is 300 g/mol. The minimum atomic E-state index is 0.893. The van der Waals surface area contributed by atoms with Gasteiger partial charge in [0.2, 0.25) is 0 Å². The molecule has 0 aliphatic carbocycles. The predicted molar refractivity (Wildman–Crippen MR) is 95.1 cm³/mol. The molecule has 0 radical (unpaired) electrons. The normalized spacial score (nSPS) is 11.5. The number of rotatable bonds is 3. The molecule has 0 N–H and O–H groups in total. The number of aromatic nitrogens is 2. The zero-order chi connectivity index (χ0) is 15.6. The van der Waals surface area contributed by atoms with Crippen LogP contribution in [0, 0.1) is 0 Å². The van der Waals surface area contributed by atoms with Gasteiger partial charge in [-0.15, -0.1) is 0 Å². The van der Waals surface area contributed by atoms with E-state index >= 15 is 0 Å². The summed E-state index contributed by atoms with van der Waals surface area (Å²) in [4.78, 5) is 10.2. The van der Waals surface area contributed by atoms with E-state index in [0.717, 1.165) is 27.7 Å². The fourth-order valence-electron chi connectivity index (χ4n) is 2.95. The molecule has 0 unspecified atom stereocenters. The van der Waals surface area contributed by atoms with E-state index in [0.29, 0.717) is 0 Å². The second-order valence-corrected chi connectivity index (χ2v) is 5.33. The van der Waals surface area contributed by atoms with Gasteiger partial charge >= 0.3 is 0 Å². The average Bonchev–Trinajstić information content (AvgIpc) is 2.95. The minimum absolute atomic E-state index is 0.893. The molecular weight excluding hydrogens is 284 g/mol. The molecule has 3 nitrogen and oxygen atoms in total. The highest BCUT2D eigenvalue weighted by atomic mass is 16.6. The Balaban J connectivity index is 1.95. The molecule has 0 saturated carbocycles. The van der Waals surface area contributed by atoms with Crippen molar-refractivity contribution in [2.75, 3.05) is 7.11 Å². The van der Waals surface area contributed by atoms with Crippen molar-refractivity contribution in [3.8, 4) is 0 Å². The molecule has 4 rings (SSSR count).